The van der Waals surface area contributed by atoms with Gasteiger partial charge in [-0.3, -0.25) is 9.59 Å². The highest BCUT2D eigenvalue weighted by molar-refractivity contribution is 6.33. The molecule has 142 valence electrons. The molecular formula is C17H16ClFN4O4. The molecule has 1 aromatic carbocycles. The zero-order chi connectivity index (χ0) is 19.7. The standard InChI is InChI=1S/C17H16ClFN4O4/c1-8(7-24)21-17-20-4-12(18)15(22-17)9-2-10-11(13(19)3-9)5-23(16(10)27)6-14(25)26/h2-4,8,24H,5-7H2,1H3,(H,25,26)(H,20,21,22). The highest BCUT2D eigenvalue weighted by Gasteiger charge is 2.32. The van der Waals surface area contributed by atoms with E-state index in [1.165, 1.54) is 18.3 Å². The quantitative estimate of drug-likeness (QED) is 0.683. The number of amides is 1. The predicted molar refractivity (Wildman–Crippen MR) is 95.0 cm³/mol. The van der Waals surface area contributed by atoms with Crippen LogP contribution in [0.2, 0.25) is 5.02 Å². The predicted octanol–water partition coefficient (Wildman–Crippen LogP) is 1.77. The molecule has 2 heterocycles. The Bertz CT molecular complexity index is 924. The molecule has 0 aliphatic carbocycles. The first-order chi connectivity index (χ1) is 12.8. The summed E-state index contributed by atoms with van der Waals surface area (Å²) in [4.78, 5) is 32.6. The number of benzene rings is 1. The molecular weight excluding hydrogens is 379 g/mol. The van der Waals surface area contributed by atoms with Gasteiger partial charge in [-0.25, -0.2) is 14.4 Å². The minimum Gasteiger partial charge on any atom is -0.480 e. The molecule has 0 saturated carbocycles. The number of hydrogen-bond donors (Lipinski definition) is 3. The number of aliphatic hydroxyl groups excluding tert-OH is 1. The fourth-order valence-corrected chi connectivity index (χ4v) is 2.95. The van der Waals surface area contributed by atoms with Crippen LogP contribution in [0.25, 0.3) is 11.3 Å². The summed E-state index contributed by atoms with van der Waals surface area (Å²) in [6.07, 6.45) is 1.33. The van der Waals surface area contributed by atoms with Crippen LogP contribution in [0.3, 0.4) is 0 Å². The molecule has 1 atom stereocenters. The third-order valence-electron chi connectivity index (χ3n) is 4.06. The number of carboxylic acid groups (broad SMARTS) is 1. The Morgan fingerprint density at radius 3 is 2.89 bits per heavy atom. The van der Waals surface area contributed by atoms with Crippen LogP contribution in [0, 0.1) is 5.82 Å². The number of nitrogens with one attached hydrogen (secondary N) is 1. The molecule has 0 saturated heterocycles. The summed E-state index contributed by atoms with van der Waals surface area (Å²) in [5.41, 5.74) is 0.705. The second kappa shape index (κ2) is 7.45. The lowest BCUT2D eigenvalue weighted by Gasteiger charge is -2.12. The third-order valence-corrected chi connectivity index (χ3v) is 4.33. The van der Waals surface area contributed by atoms with E-state index in [4.69, 9.17) is 21.8 Å². The van der Waals surface area contributed by atoms with E-state index < -0.39 is 24.2 Å². The van der Waals surface area contributed by atoms with E-state index in [-0.39, 0.29) is 52.5 Å². The molecule has 3 rings (SSSR count). The summed E-state index contributed by atoms with van der Waals surface area (Å²) in [7, 11) is 0. The van der Waals surface area contributed by atoms with Crippen LogP contribution in [0.1, 0.15) is 22.8 Å². The third kappa shape index (κ3) is 3.83. The lowest BCUT2D eigenvalue weighted by molar-refractivity contribution is -0.137. The summed E-state index contributed by atoms with van der Waals surface area (Å²) < 4.78 is 14.6. The Balaban J connectivity index is 2.00. The molecule has 27 heavy (non-hydrogen) atoms. The van der Waals surface area contributed by atoms with Gasteiger partial charge in [0.25, 0.3) is 5.91 Å². The van der Waals surface area contributed by atoms with Crippen LogP contribution < -0.4 is 5.32 Å². The maximum Gasteiger partial charge on any atom is 0.323 e. The lowest BCUT2D eigenvalue weighted by atomic mass is 10.0. The Morgan fingerprint density at radius 1 is 1.48 bits per heavy atom. The molecule has 3 N–H and O–H groups in total. The average molecular weight is 395 g/mol. The number of carbonyl (C=O) groups excluding carboxylic acids is 1. The molecule has 1 amide bonds. The molecule has 0 radical (unpaired) electrons. The zero-order valence-electron chi connectivity index (χ0n) is 14.2. The Labute approximate surface area is 158 Å². The van der Waals surface area contributed by atoms with Gasteiger partial charge in [0.2, 0.25) is 5.95 Å². The first-order valence-corrected chi connectivity index (χ1v) is 8.41. The van der Waals surface area contributed by atoms with Gasteiger partial charge in [-0.1, -0.05) is 11.6 Å². The largest absolute Gasteiger partial charge is 0.480 e. The normalized spacial score (nSPS) is 14.2. The summed E-state index contributed by atoms with van der Waals surface area (Å²) in [6, 6.07) is 2.34. The molecule has 1 aromatic heterocycles. The number of carbonyl (C=O) groups is 2. The van der Waals surface area contributed by atoms with Crippen molar-refractivity contribution in [2.75, 3.05) is 18.5 Å². The maximum absolute atomic E-state index is 14.6. The van der Waals surface area contributed by atoms with Gasteiger partial charge in [0, 0.05) is 22.7 Å². The first kappa shape index (κ1) is 19.0. The van der Waals surface area contributed by atoms with Crippen LogP contribution in [0.15, 0.2) is 18.3 Å². The highest BCUT2D eigenvalue weighted by atomic mass is 35.5. The molecule has 2 aromatic rings. The second-order valence-corrected chi connectivity index (χ2v) is 6.56. The van der Waals surface area contributed by atoms with Gasteiger partial charge in [-0.2, -0.15) is 0 Å². The lowest BCUT2D eigenvalue weighted by Crippen LogP contribution is -2.29. The van der Waals surface area contributed by atoms with Crippen molar-refractivity contribution in [1.29, 1.82) is 0 Å². The van der Waals surface area contributed by atoms with E-state index in [0.29, 0.717) is 0 Å². The van der Waals surface area contributed by atoms with Crippen LogP contribution >= 0.6 is 11.6 Å². The molecule has 1 aliphatic rings. The number of hydrogen-bond acceptors (Lipinski definition) is 6. The van der Waals surface area contributed by atoms with Gasteiger partial charge in [-0.05, 0) is 19.1 Å². The highest BCUT2D eigenvalue weighted by Crippen LogP contribution is 2.33. The number of nitrogens with zero attached hydrogens (tertiary/aromatic N) is 3. The van der Waals surface area contributed by atoms with Crippen LogP contribution in [0.4, 0.5) is 10.3 Å². The van der Waals surface area contributed by atoms with Gasteiger partial charge in [0.1, 0.15) is 12.4 Å². The van der Waals surface area contributed by atoms with Crippen molar-refractivity contribution in [3.8, 4) is 11.3 Å². The monoisotopic (exact) mass is 394 g/mol. The van der Waals surface area contributed by atoms with E-state index in [1.807, 2.05) is 0 Å². The van der Waals surface area contributed by atoms with Crippen molar-refractivity contribution in [1.82, 2.24) is 14.9 Å². The van der Waals surface area contributed by atoms with Crippen molar-refractivity contribution < 1.29 is 24.2 Å². The van der Waals surface area contributed by atoms with Gasteiger partial charge in [0.05, 0.1) is 30.1 Å². The van der Waals surface area contributed by atoms with E-state index in [0.717, 1.165) is 4.90 Å². The number of aliphatic carboxylic acids is 1. The molecule has 8 nitrogen and oxygen atoms in total. The summed E-state index contributed by atoms with van der Waals surface area (Å²) in [5.74, 6) is -2.19. The maximum atomic E-state index is 14.6. The Kier molecular flexibility index (Phi) is 5.24. The van der Waals surface area contributed by atoms with Gasteiger partial charge >= 0.3 is 5.97 Å². The molecule has 0 bridgehead atoms. The molecule has 0 fully saturated rings. The average Bonchev–Trinajstić information content (AvgIpc) is 2.92. The van der Waals surface area contributed by atoms with Crippen LogP contribution in [0.5, 0.6) is 0 Å². The minimum atomic E-state index is -1.18. The van der Waals surface area contributed by atoms with Crippen LogP contribution in [-0.4, -0.2) is 56.2 Å². The molecule has 1 unspecified atom stereocenters. The minimum absolute atomic E-state index is 0.0826. The van der Waals surface area contributed by atoms with Crippen molar-refractivity contribution in [3.63, 3.8) is 0 Å². The number of aromatic nitrogens is 2. The number of fused-ring (bicyclic) bond motifs is 1. The van der Waals surface area contributed by atoms with Crippen molar-refractivity contribution in [3.05, 3.63) is 40.3 Å². The second-order valence-electron chi connectivity index (χ2n) is 6.16. The molecule has 1 aliphatic heterocycles. The molecule has 10 heteroatoms. The van der Waals surface area contributed by atoms with E-state index in [1.54, 1.807) is 6.92 Å². The summed E-state index contributed by atoms with van der Waals surface area (Å²) in [6.45, 7) is 0.972. The number of halogens is 2. The molecule has 0 spiro atoms. The van der Waals surface area contributed by atoms with E-state index in [2.05, 4.69) is 15.3 Å². The number of aliphatic hydroxyl groups is 1. The Morgan fingerprint density at radius 2 is 2.22 bits per heavy atom. The topological polar surface area (TPSA) is 116 Å². The van der Waals surface area contributed by atoms with Gasteiger partial charge < -0.3 is 20.4 Å². The van der Waals surface area contributed by atoms with E-state index >= 15 is 0 Å². The Hall–Kier alpha value is -2.78. The first-order valence-electron chi connectivity index (χ1n) is 8.04. The van der Waals surface area contributed by atoms with Gasteiger partial charge in [0.15, 0.2) is 0 Å². The summed E-state index contributed by atoms with van der Waals surface area (Å²) >= 11 is 6.14. The fourth-order valence-electron chi connectivity index (χ4n) is 2.75. The zero-order valence-corrected chi connectivity index (χ0v) is 15.0. The van der Waals surface area contributed by atoms with Crippen molar-refractivity contribution in [2.24, 2.45) is 0 Å². The smallest absolute Gasteiger partial charge is 0.323 e. The number of carboxylic acids is 1. The fraction of sp³-hybridized carbons (Fsp3) is 0.294. The SMILES string of the molecule is CC(CO)Nc1ncc(Cl)c(-c2cc(F)c3c(c2)C(=O)N(CC(=O)O)C3)n1. The number of rotatable bonds is 6. The van der Waals surface area contributed by atoms with Crippen molar-refractivity contribution >= 4 is 29.4 Å². The number of anilines is 1. The van der Waals surface area contributed by atoms with Crippen LogP contribution in [-0.2, 0) is 11.3 Å². The van der Waals surface area contributed by atoms with Crippen molar-refractivity contribution in [2.45, 2.75) is 19.5 Å². The van der Waals surface area contributed by atoms with E-state index in [9.17, 15) is 14.0 Å². The summed E-state index contributed by atoms with van der Waals surface area (Å²) in [5, 5.41) is 21.0. The van der Waals surface area contributed by atoms with Gasteiger partial charge in [-0.15, -0.1) is 0 Å².